The molecule has 0 aromatic heterocycles. The molecule has 0 saturated carbocycles. The largest absolute Gasteiger partial charge is 0.490 e. The van der Waals surface area contributed by atoms with E-state index >= 15 is 0 Å². The molecule has 2 heterocycles. The van der Waals surface area contributed by atoms with E-state index in [-0.39, 0.29) is 12.3 Å². The fourth-order valence-corrected chi connectivity index (χ4v) is 4.06. The molecule has 3 aromatic rings. The summed E-state index contributed by atoms with van der Waals surface area (Å²) in [7, 11) is 0. The number of rotatable bonds is 5. The van der Waals surface area contributed by atoms with Crippen LogP contribution < -0.4 is 9.47 Å². The van der Waals surface area contributed by atoms with Crippen molar-refractivity contribution in [1.29, 1.82) is 0 Å². The Morgan fingerprint density at radius 1 is 1.07 bits per heavy atom. The molecule has 4 nitrogen and oxygen atoms in total. The maximum absolute atomic E-state index is 6.42. The van der Waals surface area contributed by atoms with Gasteiger partial charge in [-0.15, -0.1) is 0 Å². The Kier molecular flexibility index (Phi) is 4.75. The predicted octanol–water partition coefficient (Wildman–Crippen LogP) is 5.80. The first kappa shape index (κ1) is 18.5. The standard InChI is InChI=1S/C26H24N2O2/c1-3-16-29-21-14-12-20(13-15-21)26-28-24(22-6-4-5-7-25(22)30-26)17-23(27-28)19-10-8-18(2)9-11-19/h3-15,24,26H,1,16-17H2,2H3/t24-,26-/m0/s1. The van der Waals surface area contributed by atoms with Crippen LogP contribution in [0.15, 0.2) is 90.6 Å². The smallest absolute Gasteiger partial charge is 0.213 e. The van der Waals surface area contributed by atoms with Crippen molar-refractivity contribution in [3.8, 4) is 11.5 Å². The first-order valence-corrected chi connectivity index (χ1v) is 10.2. The van der Waals surface area contributed by atoms with Crippen LogP contribution in [-0.2, 0) is 0 Å². The third kappa shape index (κ3) is 3.35. The second-order valence-electron chi connectivity index (χ2n) is 7.69. The number of hydrogen-bond donors (Lipinski definition) is 0. The number of hydrazone groups is 1. The van der Waals surface area contributed by atoms with Crippen molar-refractivity contribution in [3.63, 3.8) is 0 Å². The molecule has 2 aliphatic rings. The summed E-state index contributed by atoms with van der Waals surface area (Å²) in [5.74, 6) is 1.74. The van der Waals surface area contributed by atoms with Crippen LogP contribution >= 0.6 is 0 Å². The van der Waals surface area contributed by atoms with Gasteiger partial charge in [-0.05, 0) is 42.8 Å². The first-order valence-electron chi connectivity index (χ1n) is 10.2. The van der Waals surface area contributed by atoms with Crippen molar-refractivity contribution in [2.24, 2.45) is 5.10 Å². The molecule has 4 heteroatoms. The summed E-state index contributed by atoms with van der Waals surface area (Å²) in [5, 5.41) is 7.13. The zero-order chi connectivity index (χ0) is 20.5. The summed E-state index contributed by atoms with van der Waals surface area (Å²) in [4.78, 5) is 0. The number of nitrogens with zero attached hydrogens (tertiary/aromatic N) is 2. The van der Waals surface area contributed by atoms with Crippen LogP contribution in [0.25, 0.3) is 0 Å². The van der Waals surface area contributed by atoms with Gasteiger partial charge in [0.05, 0.1) is 11.8 Å². The summed E-state index contributed by atoms with van der Waals surface area (Å²) in [6, 6.07) is 25.1. The minimum atomic E-state index is -0.277. The number of para-hydroxylation sites is 1. The lowest BCUT2D eigenvalue weighted by molar-refractivity contribution is -0.0190. The van der Waals surface area contributed by atoms with E-state index in [2.05, 4.69) is 54.9 Å². The number of ether oxygens (including phenoxy) is 2. The van der Waals surface area contributed by atoms with Crippen LogP contribution in [-0.4, -0.2) is 17.3 Å². The molecule has 0 radical (unpaired) electrons. The van der Waals surface area contributed by atoms with Crippen molar-refractivity contribution in [2.45, 2.75) is 25.6 Å². The Balaban J connectivity index is 1.51. The molecule has 5 rings (SSSR count). The zero-order valence-corrected chi connectivity index (χ0v) is 17.0. The van der Waals surface area contributed by atoms with Crippen LogP contribution in [0.3, 0.4) is 0 Å². The van der Waals surface area contributed by atoms with Crippen molar-refractivity contribution < 1.29 is 9.47 Å². The number of benzene rings is 3. The third-order valence-corrected chi connectivity index (χ3v) is 5.62. The van der Waals surface area contributed by atoms with E-state index < -0.39 is 0 Å². The normalized spacial score (nSPS) is 19.4. The topological polar surface area (TPSA) is 34.1 Å². The molecule has 3 aromatic carbocycles. The molecule has 30 heavy (non-hydrogen) atoms. The zero-order valence-electron chi connectivity index (χ0n) is 17.0. The van der Waals surface area contributed by atoms with Gasteiger partial charge in [-0.3, -0.25) is 0 Å². The second-order valence-corrected chi connectivity index (χ2v) is 7.69. The fourth-order valence-electron chi connectivity index (χ4n) is 4.06. The third-order valence-electron chi connectivity index (χ3n) is 5.62. The Morgan fingerprint density at radius 3 is 2.60 bits per heavy atom. The van der Waals surface area contributed by atoms with Gasteiger partial charge in [0.25, 0.3) is 0 Å². The van der Waals surface area contributed by atoms with Gasteiger partial charge < -0.3 is 9.47 Å². The monoisotopic (exact) mass is 396 g/mol. The van der Waals surface area contributed by atoms with Gasteiger partial charge in [0, 0.05) is 17.5 Å². The highest BCUT2D eigenvalue weighted by Crippen LogP contribution is 2.47. The van der Waals surface area contributed by atoms with Crippen molar-refractivity contribution >= 4 is 5.71 Å². The van der Waals surface area contributed by atoms with E-state index in [1.807, 2.05) is 36.4 Å². The van der Waals surface area contributed by atoms with Crippen LogP contribution in [0.1, 0.15) is 40.9 Å². The predicted molar refractivity (Wildman–Crippen MR) is 119 cm³/mol. The first-order chi connectivity index (χ1) is 14.7. The Hall–Kier alpha value is -3.53. The Bertz CT molecular complexity index is 1090. The molecule has 2 atom stereocenters. The highest BCUT2D eigenvalue weighted by Gasteiger charge is 2.40. The van der Waals surface area contributed by atoms with Crippen LogP contribution in [0, 0.1) is 6.92 Å². The van der Waals surface area contributed by atoms with Gasteiger partial charge in [-0.25, -0.2) is 5.01 Å². The molecule has 0 aliphatic carbocycles. The molecule has 150 valence electrons. The van der Waals surface area contributed by atoms with E-state index in [0.717, 1.165) is 29.2 Å². The molecule has 0 bridgehead atoms. The molecule has 0 N–H and O–H groups in total. The SMILES string of the molecule is C=CCOc1ccc([C@@H]2Oc3ccccc3[C@@H]3CC(c4ccc(C)cc4)=NN32)cc1. The number of fused-ring (bicyclic) bond motifs is 3. The van der Waals surface area contributed by atoms with E-state index in [9.17, 15) is 0 Å². The quantitative estimate of drug-likeness (QED) is 0.511. The van der Waals surface area contributed by atoms with Crippen LogP contribution in [0.5, 0.6) is 11.5 Å². The Labute approximate surface area is 177 Å². The highest BCUT2D eigenvalue weighted by atomic mass is 16.5. The van der Waals surface area contributed by atoms with Gasteiger partial charge in [-0.2, -0.15) is 5.10 Å². The number of aryl methyl sites for hydroxylation is 1. The Morgan fingerprint density at radius 2 is 1.83 bits per heavy atom. The lowest BCUT2D eigenvalue weighted by Gasteiger charge is -2.38. The fraction of sp³-hybridized carbons (Fsp3) is 0.192. The van der Waals surface area contributed by atoms with E-state index in [1.165, 1.54) is 16.7 Å². The average molecular weight is 396 g/mol. The average Bonchev–Trinajstić information content (AvgIpc) is 3.24. The summed E-state index contributed by atoms with van der Waals surface area (Å²) >= 11 is 0. The lowest BCUT2D eigenvalue weighted by atomic mass is 9.95. The molecule has 0 saturated heterocycles. The van der Waals surface area contributed by atoms with Gasteiger partial charge in [-0.1, -0.05) is 60.7 Å². The highest BCUT2D eigenvalue weighted by molar-refractivity contribution is 6.02. The van der Waals surface area contributed by atoms with E-state index in [4.69, 9.17) is 14.6 Å². The van der Waals surface area contributed by atoms with E-state index in [1.54, 1.807) is 6.08 Å². The number of hydrogen-bond acceptors (Lipinski definition) is 4. The lowest BCUT2D eigenvalue weighted by Crippen LogP contribution is -2.33. The maximum Gasteiger partial charge on any atom is 0.213 e. The van der Waals surface area contributed by atoms with Gasteiger partial charge >= 0.3 is 0 Å². The van der Waals surface area contributed by atoms with E-state index in [0.29, 0.717) is 6.61 Å². The molecular weight excluding hydrogens is 372 g/mol. The van der Waals surface area contributed by atoms with Gasteiger partial charge in [0.15, 0.2) is 0 Å². The van der Waals surface area contributed by atoms with Crippen molar-refractivity contribution in [3.05, 3.63) is 108 Å². The molecule has 0 amide bonds. The van der Waals surface area contributed by atoms with Crippen LogP contribution in [0.2, 0.25) is 0 Å². The summed E-state index contributed by atoms with van der Waals surface area (Å²) in [6.45, 7) is 6.29. The van der Waals surface area contributed by atoms with Crippen molar-refractivity contribution in [1.82, 2.24) is 5.01 Å². The minimum absolute atomic E-state index is 0.160. The summed E-state index contributed by atoms with van der Waals surface area (Å²) in [6.07, 6.45) is 2.33. The summed E-state index contributed by atoms with van der Waals surface area (Å²) in [5.41, 5.74) is 5.75. The summed E-state index contributed by atoms with van der Waals surface area (Å²) < 4.78 is 12.0. The molecule has 0 spiro atoms. The van der Waals surface area contributed by atoms with Crippen LogP contribution in [0.4, 0.5) is 0 Å². The van der Waals surface area contributed by atoms with Gasteiger partial charge in [0.2, 0.25) is 6.23 Å². The minimum Gasteiger partial charge on any atom is -0.490 e. The molecule has 0 unspecified atom stereocenters. The second kappa shape index (κ2) is 7.71. The van der Waals surface area contributed by atoms with Gasteiger partial charge in [0.1, 0.15) is 18.1 Å². The molecule has 2 aliphatic heterocycles. The molecular formula is C26H24N2O2. The maximum atomic E-state index is 6.42. The van der Waals surface area contributed by atoms with Crippen molar-refractivity contribution in [2.75, 3.05) is 6.61 Å². The molecule has 0 fully saturated rings.